The number of hydrogen-bond donors (Lipinski definition) is 0. The van der Waals surface area contributed by atoms with Gasteiger partial charge in [0, 0.05) is 18.0 Å². The first-order valence-electron chi connectivity index (χ1n) is 9.28. The minimum atomic E-state index is 0.0700. The molecular weight excluding hydrogens is 316 g/mol. The molecule has 5 heteroatoms. The SMILES string of the molecule is CCc1ccc2occ(C(=O)N3CCOCC3C3CCCN3C)c2c1. The van der Waals surface area contributed by atoms with Gasteiger partial charge in [-0.1, -0.05) is 13.0 Å². The third-order valence-corrected chi connectivity index (χ3v) is 5.72. The van der Waals surface area contributed by atoms with Crippen LogP contribution in [0.1, 0.15) is 35.7 Å². The third-order valence-electron chi connectivity index (χ3n) is 5.72. The van der Waals surface area contributed by atoms with Crippen molar-refractivity contribution >= 4 is 16.9 Å². The molecule has 2 atom stereocenters. The van der Waals surface area contributed by atoms with Crippen molar-refractivity contribution in [3.05, 3.63) is 35.6 Å². The van der Waals surface area contributed by atoms with Crippen LogP contribution in [-0.4, -0.2) is 61.1 Å². The molecule has 0 bridgehead atoms. The van der Waals surface area contributed by atoms with E-state index >= 15 is 0 Å². The van der Waals surface area contributed by atoms with E-state index < -0.39 is 0 Å². The molecule has 134 valence electrons. The first kappa shape index (κ1) is 16.6. The lowest BCUT2D eigenvalue weighted by atomic mass is 10.0. The number of fused-ring (bicyclic) bond motifs is 1. The summed E-state index contributed by atoms with van der Waals surface area (Å²) in [5.74, 6) is 0.0700. The van der Waals surface area contributed by atoms with Crippen molar-refractivity contribution in [3.8, 4) is 0 Å². The van der Waals surface area contributed by atoms with Gasteiger partial charge in [0.25, 0.3) is 5.91 Å². The molecule has 0 aliphatic carbocycles. The van der Waals surface area contributed by atoms with E-state index in [0.29, 0.717) is 31.4 Å². The number of hydrogen-bond acceptors (Lipinski definition) is 4. The summed E-state index contributed by atoms with van der Waals surface area (Å²) in [4.78, 5) is 17.7. The van der Waals surface area contributed by atoms with Gasteiger partial charge in [-0.3, -0.25) is 4.79 Å². The molecular formula is C20H26N2O3. The van der Waals surface area contributed by atoms with Crippen molar-refractivity contribution in [2.75, 3.05) is 33.4 Å². The highest BCUT2D eigenvalue weighted by molar-refractivity contribution is 6.06. The highest BCUT2D eigenvalue weighted by Crippen LogP contribution is 2.28. The van der Waals surface area contributed by atoms with Gasteiger partial charge in [0.2, 0.25) is 0 Å². The second kappa shape index (κ2) is 6.81. The molecule has 1 aromatic carbocycles. The van der Waals surface area contributed by atoms with Crippen LogP contribution in [0.5, 0.6) is 0 Å². The van der Waals surface area contributed by atoms with Crippen LogP contribution < -0.4 is 0 Å². The Labute approximate surface area is 148 Å². The molecule has 3 heterocycles. The maximum absolute atomic E-state index is 13.3. The highest BCUT2D eigenvalue weighted by Gasteiger charge is 2.38. The quantitative estimate of drug-likeness (QED) is 0.860. The number of nitrogens with zero attached hydrogens (tertiary/aromatic N) is 2. The molecule has 2 aliphatic heterocycles. The van der Waals surface area contributed by atoms with E-state index in [1.807, 2.05) is 11.0 Å². The summed E-state index contributed by atoms with van der Waals surface area (Å²) < 4.78 is 11.4. The summed E-state index contributed by atoms with van der Waals surface area (Å²) in [5, 5.41) is 0.925. The fraction of sp³-hybridized carbons (Fsp3) is 0.550. The van der Waals surface area contributed by atoms with E-state index in [0.717, 1.165) is 30.4 Å². The van der Waals surface area contributed by atoms with Crippen LogP contribution in [0.2, 0.25) is 0 Å². The topological polar surface area (TPSA) is 45.9 Å². The minimum absolute atomic E-state index is 0.0700. The number of carbonyl (C=O) groups is 1. The molecule has 1 aromatic heterocycles. The van der Waals surface area contributed by atoms with Crippen LogP contribution in [0.25, 0.3) is 11.0 Å². The second-order valence-corrected chi connectivity index (χ2v) is 7.16. The number of morpholine rings is 1. The molecule has 2 aromatic rings. The molecule has 2 fully saturated rings. The fourth-order valence-corrected chi connectivity index (χ4v) is 4.23. The Kier molecular flexibility index (Phi) is 4.52. The van der Waals surface area contributed by atoms with Gasteiger partial charge in [-0.05, 0) is 50.6 Å². The van der Waals surface area contributed by atoms with Crippen LogP contribution in [0.15, 0.2) is 28.9 Å². The molecule has 0 radical (unpaired) electrons. The fourth-order valence-electron chi connectivity index (χ4n) is 4.23. The van der Waals surface area contributed by atoms with E-state index in [-0.39, 0.29) is 11.9 Å². The van der Waals surface area contributed by atoms with Gasteiger partial charge in [0.05, 0.1) is 24.8 Å². The van der Waals surface area contributed by atoms with Crippen LogP contribution in [0.3, 0.4) is 0 Å². The van der Waals surface area contributed by atoms with Crippen molar-refractivity contribution in [3.63, 3.8) is 0 Å². The lowest BCUT2D eigenvalue weighted by Gasteiger charge is -2.41. The average Bonchev–Trinajstić information content (AvgIpc) is 3.26. The third kappa shape index (κ3) is 2.96. The Hall–Kier alpha value is -1.85. The minimum Gasteiger partial charge on any atom is -0.463 e. The standard InChI is InChI=1S/C20H26N2O3/c1-3-14-6-7-19-15(11-14)16(12-25-19)20(23)22-9-10-24-13-18(22)17-5-4-8-21(17)2/h6-7,11-12,17-18H,3-5,8-10,13H2,1-2H3. The van der Waals surface area contributed by atoms with E-state index in [9.17, 15) is 4.79 Å². The Bertz CT molecular complexity index is 769. The van der Waals surface area contributed by atoms with Crippen molar-refractivity contribution in [1.29, 1.82) is 0 Å². The zero-order valence-corrected chi connectivity index (χ0v) is 15.0. The molecule has 0 N–H and O–H groups in total. The molecule has 1 amide bonds. The number of likely N-dealkylation sites (tertiary alicyclic amines) is 1. The lowest BCUT2D eigenvalue weighted by molar-refractivity contribution is -0.0232. The Morgan fingerprint density at radius 3 is 2.92 bits per heavy atom. The number of carbonyl (C=O) groups excluding carboxylic acids is 1. The van der Waals surface area contributed by atoms with Gasteiger partial charge in [-0.2, -0.15) is 0 Å². The first-order valence-corrected chi connectivity index (χ1v) is 9.28. The number of aryl methyl sites for hydroxylation is 1. The predicted molar refractivity (Wildman–Crippen MR) is 96.9 cm³/mol. The van der Waals surface area contributed by atoms with Gasteiger partial charge in [0.1, 0.15) is 11.8 Å². The van der Waals surface area contributed by atoms with Crippen LogP contribution in [0.4, 0.5) is 0 Å². The van der Waals surface area contributed by atoms with Crippen molar-refractivity contribution in [2.45, 2.75) is 38.3 Å². The number of rotatable bonds is 3. The summed E-state index contributed by atoms with van der Waals surface area (Å²) in [6.45, 7) is 5.09. The zero-order valence-electron chi connectivity index (χ0n) is 15.0. The van der Waals surface area contributed by atoms with E-state index in [2.05, 4.69) is 31.0 Å². The Morgan fingerprint density at radius 1 is 1.28 bits per heavy atom. The molecule has 0 spiro atoms. The number of ether oxygens (including phenoxy) is 1. The van der Waals surface area contributed by atoms with Gasteiger partial charge >= 0.3 is 0 Å². The summed E-state index contributed by atoms with van der Waals surface area (Å²) in [6, 6.07) is 6.61. The van der Waals surface area contributed by atoms with E-state index in [1.165, 1.54) is 12.0 Å². The first-order chi connectivity index (χ1) is 12.2. The van der Waals surface area contributed by atoms with Gasteiger partial charge in [0.15, 0.2) is 0 Å². The smallest absolute Gasteiger partial charge is 0.258 e. The molecule has 2 unspecified atom stereocenters. The molecule has 4 rings (SSSR count). The summed E-state index contributed by atoms with van der Waals surface area (Å²) in [7, 11) is 2.15. The monoisotopic (exact) mass is 342 g/mol. The second-order valence-electron chi connectivity index (χ2n) is 7.16. The van der Waals surface area contributed by atoms with Crippen molar-refractivity contribution in [2.24, 2.45) is 0 Å². The van der Waals surface area contributed by atoms with Crippen LogP contribution in [0, 0.1) is 0 Å². The molecule has 0 saturated carbocycles. The number of furan rings is 1. The van der Waals surface area contributed by atoms with Crippen molar-refractivity contribution < 1.29 is 13.9 Å². The molecule has 25 heavy (non-hydrogen) atoms. The Morgan fingerprint density at radius 2 is 2.16 bits per heavy atom. The maximum atomic E-state index is 13.3. The summed E-state index contributed by atoms with van der Waals surface area (Å²) in [6.07, 6.45) is 4.88. The Balaban J connectivity index is 1.66. The maximum Gasteiger partial charge on any atom is 0.258 e. The molecule has 2 saturated heterocycles. The predicted octanol–water partition coefficient (Wildman–Crippen LogP) is 2.93. The largest absolute Gasteiger partial charge is 0.463 e. The van der Waals surface area contributed by atoms with Gasteiger partial charge in [-0.15, -0.1) is 0 Å². The number of benzene rings is 1. The van der Waals surface area contributed by atoms with E-state index in [4.69, 9.17) is 9.15 Å². The normalized spacial score (nSPS) is 25.0. The van der Waals surface area contributed by atoms with Crippen LogP contribution >= 0.6 is 0 Å². The van der Waals surface area contributed by atoms with Crippen molar-refractivity contribution in [1.82, 2.24) is 9.80 Å². The van der Waals surface area contributed by atoms with E-state index in [1.54, 1.807) is 6.26 Å². The van der Waals surface area contributed by atoms with Gasteiger partial charge < -0.3 is 19.0 Å². The highest BCUT2D eigenvalue weighted by atomic mass is 16.5. The number of amides is 1. The van der Waals surface area contributed by atoms with Gasteiger partial charge in [-0.25, -0.2) is 0 Å². The summed E-state index contributed by atoms with van der Waals surface area (Å²) >= 11 is 0. The van der Waals surface area contributed by atoms with Crippen LogP contribution in [-0.2, 0) is 11.2 Å². The molecule has 5 nitrogen and oxygen atoms in total. The zero-order chi connectivity index (χ0) is 17.4. The number of likely N-dealkylation sites (N-methyl/N-ethyl adjacent to an activating group) is 1. The lowest BCUT2D eigenvalue weighted by Crippen LogP contribution is -2.56. The molecule has 2 aliphatic rings. The average molecular weight is 342 g/mol. The summed E-state index contributed by atoms with van der Waals surface area (Å²) in [5.41, 5.74) is 2.68.